The first kappa shape index (κ1) is 15.0. The van der Waals surface area contributed by atoms with Crippen molar-refractivity contribution in [2.24, 2.45) is 11.8 Å². The summed E-state index contributed by atoms with van der Waals surface area (Å²) in [5.41, 5.74) is 0. The number of hydrogen-bond acceptors (Lipinski definition) is 2. The van der Waals surface area contributed by atoms with Gasteiger partial charge >= 0.3 is 0 Å². The smallest absolute Gasteiger partial charge is 0.0217 e. The van der Waals surface area contributed by atoms with E-state index >= 15 is 0 Å². The van der Waals surface area contributed by atoms with Gasteiger partial charge in [0.25, 0.3) is 0 Å². The van der Waals surface area contributed by atoms with Gasteiger partial charge in [0.1, 0.15) is 0 Å². The average Bonchev–Trinajstić information content (AvgIpc) is 2.71. The fourth-order valence-corrected chi connectivity index (χ4v) is 2.95. The van der Waals surface area contributed by atoms with Crippen LogP contribution in [0.3, 0.4) is 0 Å². The Morgan fingerprint density at radius 1 is 1.24 bits per heavy atom. The maximum absolute atomic E-state index is 3.79. The zero-order valence-electron chi connectivity index (χ0n) is 12.5. The monoisotopic (exact) mass is 240 g/mol. The molecule has 0 aromatic rings. The third-order valence-electron chi connectivity index (χ3n) is 4.23. The first-order valence-corrected chi connectivity index (χ1v) is 7.42. The Morgan fingerprint density at radius 2 is 1.94 bits per heavy atom. The van der Waals surface area contributed by atoms with E-state index in [1.54, 1.807) is 0 Å². The van der Waals surface area contributed by atoms with Crippen molar-refractivity contribution in [3.8, 4) is 0 Å². The maximum Gasteiger partial charge on any atom is 0.0217 e. The van der Waals surface area contributed by atoms with Gasteiger partial charge in [-0.05, 0) is 51.6 Å². The molecule has 1 saturated carbocycles. The van der Waals surface area contributed by atoms with Crippen molar-refractivity contribution < 1.29 is 0 Å². The lowest BCUT2D eigenvalue weighted by Crippen LogP contribution is -2.42. The molecule has 2 nitrogen and oxygen atoms in total. The molecule has 0 bridgehead atoms. The SMILES string of the molecule is CCC1CCC(NCC(CC(C)C)N(C)C)C1. The molecule has 0 heterocycles. The van der Waals surface area contributed by atoms with Gasteiger partial charge in [-0.1, -0.05) is 27.2 Å². The third kappa shape index (κ3) is 5.39. The highest BCUT2D eigenvalue weighted by Crippen LogP contribution is 2.27. The van der Waals surface area contributed by atoms with Crippen LogP contribution in [0.4, 0.5) is 0 Å². The molecule has 0 aromatic heterocycles. The van der Waals surface area contributed by atoms with Gasteiger partial charge < -0.3 is 10.2 Å². The summed E-state index contributed by atoms with van der Waals surface area (Å²) < 4.78 is 0. The Balaban J connectivity index is 2.27. The van der Waals surface area contributed by atoms with Crippen LogP contribution in [0.25, 0.3) is 0 Å². The minimum Gasteiger partial charge on any atom is -0.312 e. The normalized spacial score (nSPS) is 27.0. The molecule has 102 valence electrons. The van der Waals surface area contributed by atoms with E-state index in [-0.39, 0.29) is 0 Å². The summed E-state index contributed by atoms with van der Waals surface area (Å²) in [5, 5.41) is 3.79. The third-order valence-corrected chi connectivity index (χ3v) is 4.23. The van der Waals surface area contributed by atoms with E-state index in [4.69, 9.17) is 0 Å². The van der Waals surface area contributed by atoms with Gasteiger partial charge in [-0.3, -0.25) is 0 Å². The quantitative estimate of drug-likeness (QED) is 0.735. The van der Waals surface area contributed by atoms with E-state index in [1.807, 2.05) is 0 Å². The molecule has 1 aliphatic rings. The van der Waals surface area contributed by atoms with Crippen molar-refractivity contribution in [2.75, 3.05) is 20.6 Å². The molecule has 0 radical (unpaired) electrons. The molecular weight excluding hydrogens is 208 g/mol. The molecule has 0 aliphatic heterocycles. The Kier molecular flexibility index (Phi) is 6.50. The van der Waals surface area contributed by atoms with Crippen molar-refractivity contribution >= 4 is 0 Å². The van der Waals surface area contributed by atoms with E-state index in [0.29, 0.717) is 6.04 Å². The van der Waals surface area contributed by atoms with Crippen molar-refractivity contribution in [2.45, 2.75) is 65.0 Å². The van der Waals surface area contributed by atoms with Gasteiger partial charge in [-0.25, -0.2) is 0 Å². The van der Waals surface area contributed by atoms with E-state index in [2.05, 4.69) is 45.1 Å². The summed E-state index contributed by atoms with van der Waals surface area (Å²) in [4.78, 5) is 2.37. The molecule has 3 atom stereocenters. The fraction of sp³-hybridized carbons (Fsp3) is 1.00. The topological polar surface area (TPSA) is 15.3 Å². The molecule has 1 aliphatic carbocycles. The minimum atomic E-state index is 0.690. The Labute approximate surface area is 108 Å². The van der Waals surface area contributed by atoms with Crippen molar-refractivity contribution in [3.05, 3.63) is 0 Å². The van der Waals surface area contributed by atoms with Crippen LogP contribution in [0.15, 0.2) is 0 Å². The summed E-state index contributed by atoms with van der Waals surface area (Å²) in [7, 11) is 4.41. The molecule has 0 aromatic carbocycles. The van der Waals surface area contributed by atoms with Crippen molar-refractivity contribution in [3.63, 3.8) is 0 Å². The lowest BCUT2D eigenvalue weighted by Gasteiger charge is -2.28. The summed E-state index contributed by atoms with van der Waals surface area (Å²) >= 11 is 0. The van der Waals surface area contributed by atoms with E-state index in [1.165, 1.54) is 32.1 Å². The van der Waals surface area contributed by atoms with Crippen LogP contribution < -0.4 is 5.32 Å². The molecule has 2 heteroatoms. The summed E-state index contributed by atoms with van der Waals surface area (Å²) in [6, 6.07) is 1.48. The number of rotatable bonds is 7. The highest BCUT2D eigenvalue weighted by Gasteiger charge is 2.24. The predicted molar refractivity (Wildman–Crippen MR) is 76.4 cm³/mol. The first-order valence-electron chi connectivity index (χ1n) is 7.42. The van der Waals surface area contributed by atoms with Crippen LogP contribution in [0.2, 0.25) is 0 Å². The first-order chi connectivity index (χ1) is 8.02. The maximum atomic E-state index is 3.79. The zero-order chi connectivity index (χ0) is 12.8. The van der Waals surface area contributed by atoms with Crippen LogP contribution >= 0.6 is 0 Å². The molecule has 0 amide bonds. The van der Waals surface area contributed by atoms with E-state index in [0.717, 1.165) is 24.4 Å². The molecule has 0 saturated heterocycles. The number of nitrogens with zero attached hydrogens (tertiary/aromatic N) is 1. The minimum absolute atomic E-state index is 0.690. The van der Waals surface area contributed by atoms with E-state index in [9.17, 15) is 0 Å². The summed E-state index contributed by atoms with van der Waals surface area (Å²) in [6.07, 6.45) is 6.88. The second-order valence-electron chi connectivity index (χ2n) is 6.44. The second-order valence-corrected chi connectivity index (χ2v) is 6.44. The van der Waals surface area contributed by atoms with Gasteiger partial charge in [0.2, 0.25) is 0 Å². The van der Waals surface area contributed by atoms with E-state index < -0.39 is 0 Å². The van der Waals surface area contributed by atoms with Gasteiger partial charge in [-0.15, -0.1) is 0 Å². The molecular formula is C15H32N2. The predicted octanol–water partition coefficient (Wildman–Crippen LogP) is 3.13. The Morgan fingerprint density at radius 3 is 2.41 bits per heavy atom. The van der Waals surface area contributed by atoms with Crippen LogP contribution in [0.5, 0.6) is 0 Å². The van der Waals surface area contributed by atoms with Gasteiger partial charge in [0.15, 0.2) is 0 Å². The van der Waals surface area contributed by atoms with Gasteiger partial charge in [0.05, 0.1) is 0 Å². The zero-order valence-corrected chi connectivity index (χ0v) is 12.5. The largest absolute Gasteiger partial charge is 0.312 e. The van der Waals surface area contributed by atoms with Crippen molar-refractivity contribution in [1.29, 1.82) is 0 Å². The lowest BCUT2D eigenvalue weighted by molar-refractivity contribution is 0.239. The molecule has 0 spiro atoms. The Hall–Kier alpha value is -0.0800. The molecule has 1 N–H and O–H groups in total. The van der Waals surface area contributed by atoms with Crippen LogP contribution in [-0.2, 0) is 0 Å². The van der Waals surface area contributed by atoms with Gasteiger partial charge in [0, 0.05) is 18.6 Å². The Bertz CT molecular complexity index is 201. The molecule has 3 unspecified atom stereocenters. The second kappa shape index (κ2) is 7.38. The lowest BCUT2D eigenvalue weighted by atomic mass is 10.0. The van der Waals surface area contributed by atoms with Gasteiger partial charge in [-0.2, -0.15) is 0 Å². The molecule has 1 rings (SSSR count). The fourth-order valence-electron chi connectivity index (χ4n) is 2.95. The molecule has 1 fully saturated rings. The van der Waals surface area contributed by atoms with Crippen LogP contribution in [0, 0.1) is 11.8 Å². The highest BCUT2D eigenvalue weighted by atomic mass is 15.1. The highest BCUT2D eigenvalue weighted by molar-refractivity contribution is 4.82. The number of likely N-dealkylation sites (N-methyl/N-ethyl adjacent to an activating group) is 1. The average molecular weight is 240 g/mol. The summed E-state index contributed by atoms with van der Waals surface area (Å²) in [5.74, 6) is 1.77. The van der Waals surface area contributed by atoms with Crippen molar-refractivity contribution in [1.82, 2.24) is 10.2 Å². The van der Waals surface area contributed by atoms with Crippen LogP contribution in [-0.4, -0.2) is 37.6 Å². The summed E-state index contributed by atoms with van der Waals surface area (Å²) in [6.45, 7) is 8.12. The standard InChI is InChI=1S/C15H32N2/c1-6-13-7-8-14(10-13)16-11-15(17(4)5)9-12(2)3/h12-16H,6-11H2,1-5H3. The number of nitrogens with one attached hydrogen (secondary N) is 1. The van der Waals surface area contributed by atoms with Crippen LogP contribution in [0.1, 0.15) is 52.9 Å². The molecule has 17 heavy (non-hydrogen) atoms. The number of hydrogen-bond donors (Lipinski definition) is 1.